The molecule has 0 aliphatic rings. The third-order valence-corrected chi connectivity index (χ3v) is 2.62. The first kappa shape index (κ1) is 14.4. The molecule has 0 saturated heterocycles. The molecule has 0 radical (unpaired) electrons. The van der Waals surface area contributed by atoms with Gasteiger partial charge in [0.1, 0.15) is 0 Å². The van der Waals surface area contributed by atoms with Crippen LogP contribution in [0.4, 0.5) is 0 Å². The van der Waals surface area contributed by atoms with Crippen molar-refractivity contribution in [2.75, 3.05) is 0 Å². The first-order valence-electron chi connectivity index (χ1n) is 5.35. The van der Waals surface area contributed by atoms with Gasteiger partial charge in [-0.1, -0.05) is 0 Å². The zero-order chi connectivity index (χ0) is 12.6. The third kappa shape index (κ3) is 5.31. The predicted molar refractivity (Wildman–Crippen MR) is 58.9 cm³/mol. The van der Waals surface area contributed by atoms with Gasteiger partial charge in [0, 0.05) is 37.5 Å². The van der Waals surface area contributed by atoms with Crippen LogP contribution in [-0.4, -0.2) is 10.5 Å². The summed E-state index contributed by atoms with van der Waals surface area (Å²) in [6.07, 6.45) is 2.68. The van der Waals surface area contributed by atoms with E-state index >= 15 is 0 Å². The maximum absolute atomic E-state index is 10.6. The van der Waals surface area contributed by atoms with E-state index in [1.54, 1.807) is 13.8 Å². The molecule has 0 N–H and O–H groups in total. The molecule has 0 heterocycles. The second kappa shape index (κ2) is 6.79. The van der Waals surface area contributed by atoms with Crippen molar-refractivity contribution in [2.24, 2.45) is 5.92 Å². The number of nitrogens with zero attached hydrogens (tertiary/aromatic N) is 3. The minimum absolute atomic E-state index is 0.151. The third-order valence-electron chi connectivity index (χ3n) is 2.62. The first-order chi connectivity index (χ1) is 7.44. The van der Waals surface area contributed by atoms with Gasteiger partial charge in [0.2, 0.25) is 5.54 Å². The average Bonchev–Trinajstić information content (AvgIpc) is 2.22. The summed E-state index contributed by atoms with van der Waals surface area (Å²) in [4.78, 5) is 10.3. The van der Waals surface area contributed by atoms with Crippen molar-refractivity contribution in [3.8, 4) is 12.1 Å². The van der Waals surface area contributed by atoms with Gasteiger partial charge in [0.25, 0.3) is 0 Å². The maximum Gasteiger partial charge on any atom is 0.216 e. The second-order valence-corrected chi connectivity index (χ2v) is 4.48. The van der Waals surface area contributed by atoms with Crippen LogP contribution in [0.1, 0.15) is 46.0 Å². The highest BCUT2D eigenvalue weighted by atomic mass is 16.6. The van der Waals surface area contributed by atoms with Crippen molar-refractivity contribution in [1.29, 1.82) is 10.5 Å². The number of hydrogen-bond acceptors (Lipinski definition) is 4. The molecule has 0 bridgehead atoms. The smallest absolute Gasteiger partial charge is 0.216 e. The van der Waals surface area contributed by atoms with Gasteiger partial charge in [0.15, 0.2) is 0 Å². The summed E-state index contributed by atoms with van der Waals surface area (Å²) < 4.78 is 0. The summed E-state index contributed by atoms with van der Waals surface area (Å²) in [5, 5.41) is 27.8. The lowest BCUT2D eigenvalue weighted by Crippen LogP contribution is -2.30. The van der Waals surface area contributed by atoms with Crippen molar-refractivity contribution < 1.29 is 4.92 Å². The van der Waals surface area contributed by atoms with E-state index in [4.69, 9.17) is 10.5 Å². The van der Waals surface area contributed by atoms with Gasteiger partial charge in [-0.2, -0.15) is 10.5 Å². The van der Waals surface area contributed by atoms with Crippen LogP contribution in [0, 0.1) is 38.7 Å². The summed E-state index contributed by atoms with van der Waals surface area (Å²) in [7, 11) is 0. The Bertz CT molecular complexity index is 312. The number of nitriles is 2. The molecule has 0 fully saturated rings. The highest BCUT2D eigenvalue weighted by molar-refractivity contribution is 4.86. The van der Waals surface area contributed by atoms with E-state index in [0.717, 1.165) is 0 Å². The van der Waals surface area contributed by atoms with E-state index in [0.29, 0.717) is 32.1 Å². The van der Waals surface area contributed by atoms with Gasteiger partial charge in [-0.15, -0.1) is 0 Å². The van der Waals surface area contributed by atoms with Crippen molar-refractivity contribution in [3.63, 3.8) is 0 Å². The van der Waals surface area contributed by atoms with Crippen LogP contribution in [0.15, 0.2) is 0 Å². The molecule has 0 aromatic rings. The molecular formula is C11H17N3O2. The Kier molecular flexibility index (Phi) is 6.10. The Morgan fingerprint density at radius 2 is 2.00 bits per heavy atom. The van der Waals surface area contributed by atoms with E-state index in [-0.39, 0.29) is 10.8 Å². The molecule has 0 amide bonds. The lowest BCUT2D eigenvalue weighted by molar-refractivity contribution is -0.561. The monoisotopic (exact) mass is 223 g/mol. The summed E-state index contributed by atoms with van der Waals surface area (Å²) >= 11 is 0. The second-order valence-electron chi connectivity index (χ2n) is 4.48. The Morgan fingerprint density at radius 3 is 2.44 bits per heavy atom. The summed E-state index contributed by atoms with van der Waals surface area (Å²) in [6.45, 7) is 3.17. The Balaban J connectivity index is 3.93. The van der Waals surface area contributed by atoms with Crippen LogP contribution in [-0.2, 0) is 0 Å². The molecule has 1 atom stereocenters. The van der Waals surface area contributed by atoms with E-state index in [1.807, 2.05) is 6.07 Å². The van der Waals surface area contributed by atoms with Gasteiger partial charge >= 0.3 is 0 Å². The number of nitro groups is 1. The van der Waals surface area contributed by atoms with Crippen LogP contribution in [0.2, 0.25) is 0 Å². The van der Waals surface area contributed by atoms with E-state index in [1.165, 1.54) is 0 Å². The van der Waals surface area contributed by atoms with Gasteiger partial charge in [-0.05, 0) is 19.3 Å². The zero-order valence-electron chi connectivity index (χ0n) is 9.77. The Labute approximate surface area is 95.8 Å². The minimum atomic E-state index is -0.921. The van der Waals surface area contributed by atoms with Crippen molar-refractivity contribution in [1.82, 2.24) is 0 Å². The Hall–Kier alpha value is -1.62. The summed E-state index contributed by atoms with van der Waals surface area (Å²) in [5.74, 6) is -0.151. The topological polar surface area (TPSA) is 90.7 Å². The molecule has 0 spiro atoms. The average molecular weight is 223 g/mol. The lowest BCUT2D eigenvalue weighted by Gasteiger charge is -2.15. The molecular weight excluding hydrogens is 206 g/mol. The summed E-state index contributed by atoms with van der Waals surface area (Å²) in [6, 6.07) is 4.13. The molecule has 0 aromatic heterocycles. The fourth-order valence-electron chi connectivity index (χ4n) is 1.38. The van der Waals surface area contributed by atoms with Gasteiger partial charge in [0.05, 0.1) is 12.1 Å². The molecule has 0 saturated carbocycles. The Morgan fingerprint density at radius 1 is 1.38 bits per heavy atom. The number of rotatable bonds is 7. The lowest BCUT2D eigenvalue weighted by atomic mass is 9.92. The van der Waals surface area contributed by atoms with Crippen LogP contribution < -0.4 is 0 Å². The van der Waals surface area contributed by atoms with Crippen LogP contribution >= 0.6 is 0 Å². The van der Waals surface area contributed by atoms with Gasteiger partial charge < -0.3 is 0 Å². The molecule has 0 aliphatic heterocycles. The van der Waals surface area contributed by atoms with Gasteiger partial charge in [-0.25, -0.2) is 0 Å². The highest BCUT2D eigenvalue weighted by Crippen LogP contribution is 2.20. The summed E-state index contributed by atoms with van der Waals surface area (Å²) in [5.41, 5.74) is -0.921. The fraction of sp³-hybridized carbons (Fsp3) is 0.818. The quantitative estimate of drug-likeness (QED) is 0.490. The van der Waals surface area contributed by atoms with Crippen molar-refractivity contribution >= 4 is 0 Å². The highest BCUT2D eigenvalue weighted by Gasteiger charge is 2.29. The van der Waals surface area contributed by atoms with E-state index in [2.05, 4.69) is 6.07 Å². The van der Waals surface area contributed by atoms with Crippen molar-refractivity contribution in [2.45, 2.75) is 51.5 Å². The van der Waals surface area contributed by atoms with Gasteiger partial charge in [-0.3, -0.25) is 10.1 Å². The van der Waals surface area contributed by atoms with E-state index in [9.17, 15) is 10.1 Å². The molecule has 16 heavy (non-hydrogen) atoms. The fourth-order valence-corrected chi connectivity index (χ4v) is 1.38. The number of hydrogen-bond donors (Lipinski definition) is 0. The van der Waals surface area contributed by atoms with Crippen LogP contribution in [0.3, 0.4) is 0 Å². The molecule has 0 aliphatic carbocycles. The SMILES string of the molecule is CC(C)(CCCC(C#N)CCC#N)[N+](=O)[O-]. The predicted octanol–water partition coefficient (Wildman–Crippen LogP) is 2.66. The first-order valence-corrected chi connectivity index (χ1v) is 5.35. The van der Waals surface area contributed by atoms with Crippen molar-refractivity contribution in [3.05, 3.63) is 10.1 Å². The normalized spacial score (nSPS) is 12.5. The molecule has 88 valence electrons. The minimum Gasteiger partial charge on any atom is -0.264 e. The van der Waals surface area contributed by atoms with E-state index < -0.39 is 5.54 Å². The maximum atomic E-state index is 10.6. The van der Waals surface area contributed by atoms with Crippen LogP contribution in [0.5, 0.6) is 0 Å². The standard InChI is InChI=1S/C11H17N3O2/c1-11(2,14(15)16)7-3-5-10(9-13)6-4-8-12/h10H,3-7H2,1-2H3. The largest absolute Gasteiger partial charge is 0.264 e. The molecule has 5 heteroatoms. The molecule has 1 unspecified atom stereocenters. The molecule has 5 nitrogen and oxygen atoms in total. The molecule has 0 aromatic carbocycles. The van der Waals surface area contributed by atoms with Crippen LogP contribution in [0.25, 0.3) is 0 Å². The molecule has 0 rings (SSSR count). The zero-order valence-corrected chi connectivity index (χ0v) is 9.77.